The third-order valence-electron chi connectivity index (χ3n) is 4.33. The van der Waals surface area contributed by atoms with E-state index in [1.165, 1.54) is 17.2 Å². The van der Waals surface area contributed by atoms with Crippen LogP contribution in [0.1, 0.15) is 49.3 Å². The van der Waals surface area contributed by atoms with Gasteiger partial charge in [-0.2, -0.15) is 0 Å². The van der Waals surface area contributed by atoms with Gasteiger partial charge in [-0.1, -0.05) is 13.8 Å². The third kappa shape index (κ3) is 2.43. The molecule has 0 atom stereocenters. The number of benzene rings is 1. The molecule has 0 amide bonds. The summed E-state index contributed by atoms with van der Waals surface area (Å²) >= 11 is 0. The first-order valence-corrected chi connectivity index (χ1v) is 7.71. The summed E-state index contributed by atoms with van der Waals surface area (Å²) in [5, 5.41) is 20.2. The second-order valence-electron chi connectivity index (χ2n) is 6.22. The van der Waals surface area contributed by atoms with Crippen LogP contribution < -0.4 is 0 Å². The van der Waals surface area contributed by atoms with Crippen molar-refractivity contribution < 1.29 is 14.6 Å². The van der Waals surface area contributed by atoms with E-state index in [-0.39, 0.29) is 22.8 Å². The van der Waals surface area contributed by atoms with Crippen molar-refractivity contribution in [2.24, 2.45) is 0 Å². The maximum atomic E-state index is 14.5. The van der Waals surface area contributed by atoms with Crippen molar-refractivity contribution in [3.8, 4) is 22.8 Å². The molecule has 1 aromatic heterocycles. The summed E-state index contributed by atoms with van der Waals surface area (Å²) < 4.78 is 14.5. The molecule has 22 heavy (non-hydrogen) atoms. The maximum Gasteiger partial charge on any atom is 0.174 e. The van der Waals surface area contributed by atoms with Gasteiger partial charge in [0.2, 0.25) is 0 Å². The Balaban J connectivity index is 2.13. The number of phenolic OH excluding ortho intramolecular Hbond substituents is 2. The first-order valence-electron chi connectivity index (χ1n) is 7.71. The molecule has 116 valence electrons. The molecule has 0 saturated heterocycles. The molecule has 0 spiro atoms. The highest BCUT2D eigenvalue weighted by Gasteiger charge is 2.22. The minimum atomic E-state index is -0.718. The summed E-state index contributed by atoms with van der Waals surface area (Å²) in [6.07, 6.45) is 6.05. The van der Waals surface area contributed by atoms with E-state index in [2.05, 4.69) is 4.98 Å². The van der Waals surface area contributed by atoms with Gasteiger partial charge < -0.3 is 10.2 Å². The van der Waals surface area contributed by atoms with Crippen molar-refractivity contribution in [3.63, 3.8) is 0 Å². The van der Waals surface area contributed by atoms with E-state index in [0.29, 0.717) is 5.69 Å². The smallest absolute Gasteiger partial charge is 0.174 e. The number of aromatic hydroxyl groups is 2. The summed E-state index contributed by atoms with van der Waals surface area (Å²) in [5.41, 5.74) is 3.23. The first-order chi connectivity index (χ1) is 10.5. The predicted molar refractivity (Wildman–Crippen MR) is 83.7 cm³/mol. The van der Waals surface area contributed by atoms with E-state index in [1.54, 1.807) is 20.0 Å². The number of aryl methyl sites for hydroxylation is 2. The summed E-state index contributed by atoms with van der Waals surface area (Å²) in [7, 11) is 0. The number of pyridine rings is 1. The van der Waals surface area contributed by atoms with Gasteiger partial charge in [0.1, 0.15) is 5.75 Å². The Labute approximate surface area is 129 Å². The SMILES string of the molecule is CC(C)c1c(O)cc(-c2cc3c(cn2)CCCC3)c(F)c1O. The van der Waals surface area contributed by atoms with Crippen LogP contribution in [0, 0.1) is 5.82 Å². The molecule has 0 aliphatic heterocycles. The van der Waals surface area contributed by atoms with Gasteiger partial charge in [0.05, 0.1) is 5.69 Å². The van der Waals surface area contributed by atoms with Crippen LogP contribution in [-0.4, -0.2) is 15.2 Å². The van der Waals surface area contributed by atoms with Gasteiger partial charge in [0.15, 0.2) is 11.6 Å². The van der Waals surface area contributed by atoms with Gasteiger partial charge in [-0.15, -0.1) is 0 Å². The Morgan fingerprint density at radius 2 is 1.77 bits per heavy atom. The van der Waals surface area contributed by atoms with E-state index in [9.17, 15) is 14.6 Å². The fraction of sp³-hybridized carbons (Fsp3) is 0.389. The van der Waals surface area contributed by atoms with Gasteiger partial charge in [0.25, 0.3) is 0 Å². The largest absolute Gasteiger partial charge is 0.507 e. The highest BCUT2D eigenvalue weighted by molar-refractivity contribution is 5.68. The molecule has 0 bridgehead atoms. The molecule has 0 saturated carbocycles. The van der Waals surface area contributed by atoms with Crippen molar-refractivity contribution in [2.45, 2.75) is 45.4 Å². The van der Waals surface area contributed by atoms with Crippen molar-refractivity contribution in [2.75, 3.05) is 0 Å². The normalized spacial score (nSPS) is 14.2. The molecular weight excluding hydrogens is 281 g/mol. The number of aromatic nitrogens is 1. The van der Waals surface area contributed by atoms with E-state index < -0.39 is 11.6 Å². The number of hydrogen-bond acceptors (Lipinski definition) is 3. The molecule has 2 N–H and O–H groups in total. The lowest BCUT2D eigenvalue weighted by atomic mass is 9.91. The lowest BCUT2D eigenvalue weighted by Gasteiger charge is -2.17. The molecule has 0 radical (unpaired) electrons. The fourth-order valence-electron chi connectivity index (χ4n) is 3.16. The van der Waals surface area contributed by atoms with E-state index >= 15 is 0 Å². The van der Waals surface area contributed by atoms with E-state index in [1.807, 2.05) is 6.07 Å². The summed E-state index contributed by atoms with van der Waals surface area (Å²) in [6, 6.07) is 3.24. The van der Waals surface area contributed by atoms with Crippen LogP contribution in [0.5, 0.6) is 11.5 Å². The van der Waals surface area contributed by atoms with Gasteiger partial charge in [-0.3, -0.25) is 4.98 Å². The number of hydrogen-bond donors (Lipinski definition) is 2. The number of rotatable bonds is 2. The van der Waals surface area contributed by atoms with Crippen LogP contribution in [0.3, 0.4) is 0 Å². The minimum Gasteiger partial charge on any atom is -0.507 e. The van der Waals surface area contributed by atoms with Crippen molar-refractivity contribution >= 4 is 0 Å². The van der Waals surface area contributed by atoms with Crippen LogP contribution in [-0.2, 0) is 12.8 Å². The van der Waals surface area contributed by atoms with Gasteiger partial charge >= 0.3 is 0 Å². The van der Waals surface area contributed by atoms with Crippen molar-refractivity contribution in [1.82, 2.24) is 4.98 Å². The first kappa shape index (κ1) is 14.8. The lowest BCUT2D eigenvalue weighted by Crippen LogP contribution is -2.04. The van der Waals surface area contributed by atoms with E-state index in [4.69, 9.17) is 0 Å². The third-order valence-corrected chi connectivity index (χ3v) is 4.33. The molecule has 2 aromatic rings. The molecule has 3 nitrogen and oxygen atoms in total. The maximum absolute atomic E-state index is 14.5. The lowest BCUT2D eigenvalue weighted by molar-refractivity contribution is 0.406. The Bertz CT molecular complexity index is 726. The Morgan fingerprint density at radius 1 is 1.09 bits per heavy atom. The molecular formula is C18H20FNO2. The Morgan fingerprint density at radius 3 is 2.45 bits per heavy atom. The quantitative estimate of drug-likeness (QED) is 0.869. The van der Waals surface area contributed by atoms with Gasteiger partial charge in [-0.05, 0) is 54.9 Å². The standard InChI is InChI=1S/C18H20FNO2/c1-10(2)16-15(21)8-13(17(19)18(16)22)14-7-11-5-3-4-6-12(11)9-20-14/h7-10,21-22H,3-6H2,1-2H3. The number of phenols is 2. The fourth-order valence-corrected chi connectivity index (χ4v) is 3.16. The predicted octanol–water partition coefficient (Wildman–Crippen LogP) is 4.30. The Hall–Kier alpha value is -2.10. The van der Waals surface area contributed by atoms with Gasteiger partial charge in [-0.25, -0.2) is 4.39 Å². The molecule has 1 aliphatic rings. The average Bonchev–Trinajstić information content (AvgIpc) is 2.50. The van der Waals surface area contributed by atoms with Crippen LogP contribution in [0.15, 0.2) is 18.3 Å². The van der Waals surface area contributed by atoms with Crippen molar-refractivity contribution in [1.29, 1.82) is 0 Å². The highest BCUT2D eigenvalue weighted by atomic mass is 19.1. The zero-order valence-corrected chi connectivity index (χ0v) is 12.9. The zero-order valence-electron chi connectivity index (χ0n) is 12.9. The van der Waals surface area contributed by atoms with Crippen molar-refractivity contribution in [3.05, 3.63) is 40.8 Å². The molecule has 1 aliphatic carbocycles. The average molecular weight is 301 g/mol. The van der Waals surface area contributed by atoms with Crippen LogP contribution >= 0.6 is 0 Å². The minimum absolute atomic E-state index is 0.0941. The molecule has 3 rings (SSSR count). The number of halogens is 1. The molecule has 0 fully saturated rings. The van der Waals surface area contributed by atoms with Crippen LogP contribution in [0.4, 0.5) is 4.39 Å². The van der Waals surface area contributed by atoms with Gasteiger partial charge in [0, 0.05) is 17.3 Å². The van der Waals surface area contributed by atoms with Crippen LogP contribution in [0.25, 0.3) is 11.3 Å². The monoisotopic (exact) mass is 301 g/mol. The zero-order chi connectivity index (χ0) is 15.9. The molecule has 0 unspecified atom stereocenters. The number of fused-ring (bicyclic) bond motifs is 1. The molecule has 4 heteroatoms. The topological polar surface area (TPSA) is 53.4 Å². The van der Waals surface area contributed by atoms with E-state index in [0.717, 1.165) is 25.7 Å². The second kappa shape index (κ2) is 5.59. The summed E-state index contributed by atoms with van der Waals surface area (Å²) in [6.45, 7) is 3.59. The highest BCUT2D eigenvalue weighted by Crippen LogP contribution is 2.41. The number of nitrogens with zero attached hydrogens (tertiary/aromatic N) is 1. The Kier molecular flexibility index (Phi) is 3.77. The second-order valence-corrected chi connectivity index (χ2v) is 6.22. The molecule has 1 heterocycles. The van der Waals surface area contributed by atoms with Crippen LogP contribution in [0.2, 0.25) is 0 Å². The summed E-state index contributed by atoms with van der Waals surface area (Å²) in [4.78, 5) is 4.32. The summed E-state index contributed by atoms with van der Waals surface area (Å²) in [5.74, 6) is -1.46. The molecule has 1 aromatic carbocycles.